The highest BCUT2D eigenvalue weighted by atomic mass is 32.1. The zero-order chi connectivity index (χ0) is 18.5. The SMILES string of the molecule is CCCc1ccc([C@H](NC(=O)C2=NN(C)C(=O)CC2)c2cccs2)cc1. The highest BCUT2D eigenvalue weighted by Crippen LogP contribution is 2.27. The second-order valence-electron chi connectivity index (χ2n) is 6.38. The highest BCUT2D eigenvalue weighted by molar-refractivity contribution is 7.10. The molecule has 5 nitrogen and oxygen atoms in total. The van der Waals surface area contributed by atoms with Crippen molar-refractivity contribution < 1.29 is 9.59 Å². The van der Waals surface area contributed by atoms with Crippen molar-refractivity contribution in [3.8, 4) is 0 Å². The average molecular weight is 369 g/mol. The number of benzene rings is 1. The third kappa shape index (κ3) is 4.19. The van der Waals surface area contributed by atoms with Crippen LogP contribution in [0.3, 0.4) is 0 Å². The zero-order valence-corrected chi connectivity index (χ0v) is 15.9. The van der Waals surface area contributed by atoms with E-state index in [0.717, 1.165) is 23.3 Å². The summed E-state index contributed by atoms with van der Waals surface area (Å²) in [6, 6.07) is 12.2. The van der Waals surface area contributed by atoms with Crippen LogP contribution in [0.5, 0.6) is 0 Å². The van der Waals surface area contributed by atoms with Crippen LogP contribution >= 0.6 is 11.3 Å². The number of hydrazone groups is 1. The predicted octanol–water partition coefficient (Wildman–Crippen LogP) is 3.51. The summed E-state index contributed by atoms with van der Waals surface area (Å²) >= 11 is 1.61. The van der Waals surface area contributed by atoms with Gasteiger partial charge >= 0.3 is 0 Å². The van der Waals surface area contributed by atoms with Gasteiger partial charge < -0.3 is 5.32 Å². The standard InChI is InChI=1S/C20H23N3O2S/c1-3-5-14-7-9-15(10-8-14)19(17-6-4-13-26-17)21-20(25)16-11-12-18(24)23(2)22-16/h4,6-10,13,19H,3,5,11-12H2,1-2H3,(H,21,25)/t19-/m0/s1. The van der Waals surface area contributed by atoms with E-state index in [2.05, 4.69) is 41.6 Å². The van der Waals surface area contributed by atoms with E-state index in [0.29, 0.717) is 18.6 Å². The van der Waals surface area contributed by atoms with Crippen molar-refractivity contribution in [3.63, 3.8) is 0 Å². The first-order valence-electron chi connectivity index (χ1n) is 8.85. The Morgan fingerprint density at radius 3 is 2.65 bits per heavy atom. The van der Waals surface area contributed by atoms with Crippen molar-refractivity contribution in [2.24, 2.45) is 5.10 Å². The summed E-state index contributed by atoms with van der Waals surface area (Å²) in [5, 5.41) is 10.5. The number of nitrogens with zero attached hydrogens (tertiary/aromatic N) is 2. The van der Waals surface area contributed by atoms with E-state index < -0.39 is 0 Å². The molecule has 0 saturated heterocycles. The Hall–Kier alpha value is -2.47. The van der Waals surface area contributed by atoms with Crippen LogP contribution in [0.1, 0.15) is 48.2 Å². The highest BCUT2D eigenvalue weighted by Gasteiger charge is 2.25. The predicted molar refractivity (Wildman–Crippen MR) is 104 cm³/mol. The summed E-state index contributed by atoms with van der Waals surface area (Å²) in [5.74, 6) is -0.289. The molecule has 1 aliphatic rings. The Morgan fingerprint density at radius 1 is 1.27 bits per heavy atom. The molecule has 0 unspecified atom stereocenters. The van der Waals surface area contributed by atoms with Gasteiger partial charge in [-0.1, -0.05) is 43.7 Å². The molecule has 1 atom stereocenters. The van der Waals surface area contributed by atoms with Gasteiger partial charge in [0.15, 0.2) is 0 Å². The second-order valence-corrected chi connectivity index (χ2v) is 7.36. The lowest BCUT2D eigenvalue weighted by atomic mass is 10.0. The minimum Gasteiger partial charge on any atom is -0.339 e. The van der Waals surface area contributed by atoms with Crippen molar-refractivity contribution in [3.05, 3.63) is 57.8 Å². The lowest BCUT2D eigenvalue weighted by Crippen LogP contribution is -2.39. The van der Waals surface area contributed by atoms with E-state index in [1.54, 1.807) is 18.4 Å². The third-order valence-electron chi connectivity index (χ3n) is 4.42. The van der Waals surface area contributed by atoms with Crippen LogP contribution in [0.25, 0.3) is 0 Å². The molecule has 0 spiro atoms. The van der Waals surface area contributed by atoms with Gasteiger partial charge in [0.1, 0.15) is 5.71 Å². The minimum atomic E-state index is -0.222. The molecule has 2 amide bonds. The van der Waals surface area contributed by atoms with Gasteiger partial charge in [-0.05, 0) is 29.0 Å². The van der Waals surface area contributed by atoms with Gasteiger partial charge in [0.25, 0.3) is 5.91 Å². The molecular weight excluding hydrogens is 346 g/mol. The van der Waals surface area contributed by atoms with Gasteiger partial charge in [-0.15, -0.1) is 11.3 Å². The Labute approximate surface area is 157 Å². The number of carbonyl (C=O) groups excluding carboxylic acids is 2. The molecule has 1 aromatic heterocycles. The van der Waals surface area contributed by atoms with Gasteiger partial charge in [0.2, 0.25) is 5.91 Å². The molecule has 0 bridgehead atoms. The second kappa shape index (κ2) is 8.27. The van der Waals surface area contributed by atoms with Gasteiger partial charge in [-0.3, -0.25) is 9.59 Å². The molecule has 136 valence electrons. The quantitative estimate of drug-likeness (QED) is 0.847. The normalized spacial score (nSPS) is 15.5. The van der Waals surface area contributed by atoms with Crippen LogP contribution in [0.4, 0.5) is 0 Å². The van der Waals surface area contributed by atoms with Crippen LogP contribution in [0, 0.1) is 0 Å². The molecule has 1 N–H and O–H groups in total. The maximum Gasteiger partial charge on any atom is 0.268 e. The fraction of sp³-hybridized carbons (Fsp3) is 0.350. The number of amides is 2. The summed E-state index contributed by atoms with van der Waals surface area (Å²) < 4.78 is 0. The van der Waals surface area contributed by atoms with Gasteiger partial charge in [0, 0.05) is 24.8 Å². The Kier molecular flexibility index (Phi) is 5.83. The summed E-state index contributed by atoms with van der Waals surface area (Å²) in [6.45, 7) is 2.16. The van der Waals surface area contributed by atoms with Crippen LogP contribution in [-0.2, 0) is 16.0 Å². The molecule has 2 aromatic rings. The molecule has 3 rings (SSSR count). The van der Waals surface area contributed by atoms with E-state index >= 15 is 0 Å². The van der Waals surface area contributed by atoms with Gasteiger partial charge in [-0.2, -0.15) is 5.10 Å². The summed E-state index contributed by atoms with van der Waals surface area (Å²) in [7, 11) is 1.58. The molecule has 0 fully saturated rings. The Balaban J connectivity index is 1.82. The van der Waals surface area contributed by atoms with E-state index in [1.807, 2.05) is 17.5 Å². The van der Waals surface area contributed by atoms with Crippen LogP contribution in [0.15, 0.2) is 46.9 Å². The molecule has 0 aliphatic carbocycles. The monoisotopic (exact) mass is 369 g/mol. The number of thiophene rings is 1. The number of aryl methyl sites for hydroxylation is 1. The van der Waals surface area contributed by atoms with E-state index in [4.69, 9.17) is 0 Å². The minimum absolute atomic E-state index is 0.0668. The number of nitrogens with one attached hydrogen (secondary N) is 1. The number of rotatable bonds is 6. The van der Waals surface area contributed by atoms with E-state index in [1.165, 1.54) is 10.6 Å². The van der Waals surface area contributed by atoms with Crippen LogP contribution in [-0.4, -0.2) is 29.6 Å². The molecule has 2 heterocycles. The smallest absolute Gasteiger partial charge is 0.268 e. The zero-order valence-electron chi connectivity index (χ0n) is 15.1. The molecular formula is C20H23N3O2S. The van der Waals surface area contributed by atoms with Crippen molar-refractivity contribution in [2.45, 2.75) is 38.6 Å². The first kappa shape index (κ1) is 18.3. The third-order valence-corrected chi connectivity index (χ3v) is 5.36. The van der Waals surface area contributed by atoms with Crippen molar-refractivity contribution in [1.29, 1.82) is 0 Å². The van der Waals surface area contributed by atoms with Crippen LogP contribution < -0.4 is 5.32 Å². The molecule has 26 heavy (non-hydrogen) atoms. The lowest BCUT2D eigenvalue weighted by Gasteiger charge is -2.22. The lowest BCUT2D eigenvalue weighted by molar-refractivity contribution is -0.130. The van der Waals surface area contributed by atoms with Gasteiger partial charge in [-0.25, -0.2) is 5.01 Å². The number of hydrogen-bond acceptors (Lipinski definition) is 4. The fourth-order valence-electron chi connectivity index (χ4n) is 2.99. The summed E-state index contributed by atoms with van der Waals surface area (Å²) in [4.78, 5) is 25.4. The average Bonchev–Trinajstić information content (AvgIpc) is 3.17. The Morgan fingerprint density at radius 2 is 2.04 bits per heavy atom. The van der Waals surface area contributed by atoms with E-state index in [-0.39, 0.29) is 17.9 Å². The van der Waals surface area contributed by atoms with Crippen molar-refractivity contribution >= 4 is 28.9 Å². The maximum atomic E-state index is 12.7. The van der Waals surface area contributed by atoms with E-state index in [9.17, 15) is 9.59 Å². The molecule has 0 radical (unpaired) electrons. The summed E-state index contributed by atoms with van der Waals surface area (Å²) in [6.07, 6.45) is 2.85. The van der Waals surface area contributed by atoms with Gasteiger partial charge in [0.05, 0.1) is 6.04 Å². The molecule has 1 aliphatic heterocycles. The number of hydrogen-bond donors (Lipinski definition) is 1. The molecule has 0 saturated carbocycles. The first-order valence-corrected chi connectivity index (χ1v) is 9.73. The van der Waals surface area contributed by atoms with Crippen LogP contribution in [0.2, 0.25) is 0 Å². The Bertz CT molecular complexity index is 797. The maximum absolute atomic E-state index is 12.7. The number of carbonyl (C=O) groups is 2. The van der Waals surface area contributed by atoms with Crippen molar-refractivity contribution in [1.82, 2.24) is 10.3 Å². The van der Waals surface area contributed by atoms with Crippen molar-refractivity contribution in [2.75, 3.05) is 7.05 Å². The topological polar surface area (TPSA) is 61.8 Å². The largest absolute Gasteiger partial charge is 0.339 e. The molecule has 1 aromatic carbocycles. The fourth-order valence-corrected chi connectivity index (χ4v) is 3.79. The summed E-state index contributed by atoms with van der Waals surface area (Å²) in [5.41, 5.74) is 2.74. The first-order chi connectivity index (χ1) is 12.6. The molecule has 6 heteroatoms.